The summed E-state index contributed by atoms with van der Waals surface area (Å²) in [5.74, 6) is 0. The second-order valence-corrected chi connectivity index (χ2v) is 3.58. The van der Waals surface area contributed by atoms with Gasteiger partial charge in [-0.25, -0.2) is 0 Å². The summed E-state index contributed by atoms with van der Waals surface area (Å²) in [5.41, 5.74) is 2.82. The van der Waals surface area contributed by atoms with Crippen molar-refractivity contribution in [3.63, 3.8) is 0 Å². The fourth-order valence-corrected chi connectivity index (χ4v) is 1.24. The molecule has 1 aromatic rings. The van der Waals surface area contributed by atoms with Crippen LogP contribution in [0.5, 0.6) is 0 Å². The number of nitrogens with zero attached hydrogens (tertiary/aromatic N) is 1. The van der Waals surface area contributed by atoms with Crippen molar-refractivity contribution in [3.05, 3.63) is 29.1 Å². The summed E-state index contributed by atoms with van der Waals surface area (Å²) in [5, 5.41) is 0. The molecular weight excluding hydrogens is 181 g/mol. The number of aromatic nitrogens is 1. The molecule has 0 spiro atoms. The predicted molar refractivity (Wildman–Crippen MR) is 48.2 cm³/mol. The van der Waals surface area contributed by atoms with Crippen LogP contribution in [0.3, 0.4) is 0 Å². The van der Waals surface area contributed by atoms with Gasteiger partial charge in [0.2, 0.25) is 0 Å². The summed E-state index contributed by atoms with van der Waals surface area (Å²) in [6.45, 7) is 3.85. The van der Waals surface area contributed by atoms with Crippen molar-refractivity contribution in [2.24, 2.45) is 0 Å². The first-order valence-corrected chi connectivity index (χ1v) is 4.20. The smallest absolute Gasteiger partial charge is 0.132 e. The lowest BCUT2D eigenvalue weighted by Gasteiger charge is -2.03. The molecule has 0 aliphatic heterocycles. The molecule has 60 valence electrons. The molecule has 0 aliphatic carbocycles. The van der Waals surface area contributed by atoms with E-state index in [0.29, 0.717) is 0 Å². The van der Waals surface area contributed by atoms with E-state index in [1.165, 1.54) is 0 Å². The number of hydrogen-bond donors (Lipinski definition) is 0. The number of halogens is 2. The van der Waals surface area contributed by atoms with Crippen LogP contribution in [0.2, 0.25) is 0 Å². The average molecular weight is 190 g/mol. The Labute approximate surface area is 76.4 Å². The fraction of sp³-hybridized carbons (Fsp3) is 0.375. The van der Waals surface area contributed by atoms with Crippen LogP contribution in [0, 0.1) is 13.8 Å². The molecule has 0 bridgehead atoms. The lowest BCUT2D eigenvalue weighted by molar-refractivity contribution is 1.09. The lowest BCUT2D eigenvalue weighted by atomic mass is 10.2. The van der Waals surface area contributed by atoms with Crippen LogP contribution >= 0.6 is 23.2 Å². The Hall–Kier alpha value is -0.270. The molecule has 0 saturated heterocycles. The van der Waals surface area contributed by atoms with E-state index in [-0.39, 0.29) is 0 Å². The monoisotopic (exact) mass is 189 g/mol. The van der Waals surface area contributed by atoms with Gasteiger partial charge >= 0.3 is 0 Å². The highest BCUT2D eigenvalue weighted by Gasteiger charge is 2.03. The van der Waals surface area contributed by atoms with Crippen molar-refractivity contribution in [2.45, 2.75) is 18.7 Å². The van der Waals surface area contributed by atoms with Gasteiger partial charge in [0.05, 0.1) is 0 Å². The first kappa shape index (κ1) is 8.82. The Balaban J connectivity index is 3.08. The SMILES string of the molecule is Cc1cc(C(Cl)Cl)cc(C)n1. The summed E-state index contributed by atoms with van der Waals surface area (Å²) in [6, 6.07) is 3.77. The molecule has 1 aromatic heterocycles. The summed E-state index contributed by atoms with van der Waals surface area (Å²) in [7, 11) is 0. The Morgan fingerprint density at radius 1 is 1.18 bits per heavy atom. The Bertz CT molecular complexity index is 238. The van der Waals surface area contributed by atoms with E-state index < -0.39 is 4.84 Å². The van der Waals surface area contributed by atoms with Crippen LogP contribution in [0.15, 0.2) is 12.1 Å². The largest absolute Gasteiger partial charge is 0.258 e. The normalized spacial score (nSPS) is 10.6. The maximum Gasteiger partial charge on any atom is 0.132 e. The fourth-order valence-electron chi connectivity index (χ4n) is 0.993. The van der Waals surface area contributed by atoms with E-state index in [9.17, 15) is 0 Å². The molecule has 0 N–H and O–H groups in total. The van der Waals surface area contributed by atoms with Crippen molar-refractivity contribution >= 4 is 23.2 Å². The molecule has 0 unspecified atom stereocenters. The van der Waals surface area contributed by atoms with Gasteiger partial charge in [0.15, 0.2) is 0 Å². The van der Waals surface area contributed by atoms with Crippen molar-refractivity contribution in [2.75, 3.05) is 0 Å². The maximum absolute atomic E-state index is 5.68. The van der Waals surface area contributed by atoms with Crippen LogP contribution in [-0.2, 0) is 0 Å². The molecule has 0 amide bonds. The van der Waals surface area contributed by atoms with Crippen LogP contribution in [0.1, 0.15) is 21.8 Å². The van der Waals surface area contributed by atoms with E-state index in [4.69, 9.17) is 23.2 Å². The van der Waals surface area contributed by atoms with Gasteiger partial charge in [-0.2, -0.15) is 0 Å². The molecule has 11 heavy (non-hydrogen) atoms. The van der Waals surface area contributed by atoms with Gasteiger partial charge in [-0.15, -0.1) is 23.2 Å². The van der Waals surface area contributed by atoms with E-state index in [0.717, 1.165) is 17.0 Å². The number of alkyl halides is 2. The van der Waals surface area contributed by atoms with Crippen LogP contribution in [-0.4, -0.2) is 4.98 Å². The summed E-state index contributed by atoms with van der Waals surface area (Å²) in [4.78, 5) is 3.75. The molecular formula is C8H9Cl2N. The Morgan fingerprint density at radius 3 is 2.00 bits per heavy atom. The van der Waals surface area contributed by atoms with Gasteiger partial charge in [0.25, 0.3) is 0 Å². The third-order valence-electron chi connectivity index (χ3n) is 1.36. The minimum absolute atomic E-state index is 0.449. The van der Waals surface area contributed by atoms with Gasteiger partial charge in [-0.3, -0.25) is 4.98 Å². The van der Waals surface area contributed by atoms with Gasteiger partial charge < -0.3 is 0 Å². The van der Waals surface area contributed by atoms with Crippen molar-refractivity contribution in [3.8, 4) is 0 Å². The predicted octanol–water partition coefficient (Wildman–Crippen LogP) is 3.17. The van der Waals surface area contributed by atoms with Crippen molar-refractivity contribution < 1.29 is 0 Å². The van der Waals surface area contributed by atoms with E-state index in [1.54, 1.807) is 0 Å². The Kier molecular flexibility index (Phi) is 2.74. The molecule has 1 heterocycles. The van der Waals surface area contributed by atoms with Crippen LogP contribution in [0.4, 0.5) is 0 Å². The summed E-state index contributed by atoms with van der Waals surface area (Å²) < 4.78 is 0. The second-order valence-electron chi connectivity index (χ2n) is 2.48. The average Bonchev–Trinajstić information content (AvgIpc) is 1.85. The molecule has 0 saturated carbocycles. The molecule has 0 atom stereocenters. The van der Waals surface area contributed by atoms with E-state index in [1.807, 2.05) is 26.0 Å². The van der Waals surface area contributed by atoms with Gasteiger partial charge in [0.1, 0.15) is 4.84 Å². The molecule has 0 fully saturated rings. The molecule has 3 heteroatoms. The zero-order valence-electron chi connectivity index (χ0n) is 6.44. The van der Waals surface area contributed by atoms with Crippen molar-refractivity contribution in [1.29, 1.82) is 0 Å². The third-order valence-corrected chi connectivity index (χ3v) is 1.86. The minimum Gasteiger partial charge on any atom is -0.258 e. The first-order valence-electron chi connectivity index (χ1n) is 3.33. The van der Waals surface area contributed by atoms with Crippen LogP contribution < -0.4 is 0 Å². The first-order chi connectivity index (χ1) is 5.09. The number of hydrogen-bond acceptors (Lipinski definition) is 1. The quantitative estimate of drug-likeness (QED) is 0.619. The molecule has 1 rings (SSSR count). The molecule has 0 aromatic carbocycles. The molecule has 1 nitrogen and oxygen atoms in total. The van der Waals surface area contributed by atoms with Gasteiger partial charge in [-0.1, -0.05) is 0 Å². The maximum atomic E-state index is 5.68. The third kappa shape index (κ3) is 2.35. The standard InChI is InChI=1S/C8H9Cl2N/c1-5-3-7(8(9)10)4-6(2)11-5/h3-4,8H,1-2H3. The van der Waals surface area contributed by atoms with E-state index >= 15 is 0 Å². The van der Waals surface area contributed by atoms with E-state index in [2.05, 4.69) is 4.98 Å². The molecule has 0 radical (unpaired) electrons. The second kappa shape index (κ2) is 3.42. The summed E-state index contributed by atoms with van der Waals surface area (Å²) in [6.07, 6.45) is 0. The van der Waals surface area contributed by atoms with Crippen LogP contribution in [0.25, 0.3) is 0 Å². The number of pyridine rings is 1. The van der Waals surface area contributed by atoms with Crippen molar-refractivity contribution in [1.82, 2.24) is 4.98 Å². The highest BCUT2D eigenvalue weighted by Crippen LogP contribution is 2.24. The Morgan fingerprint density at radius 2 is 1.64 bits per heavy atom. The number of aryl methyl sites for hydroxylation is 2. The molecule has 0 aliphatic rings. The topological polar surface area (TPSA) is 12.9 Å². The van der Waals surface area contributed by atoms with Gasteiger partial charge in [0, 0.05) is 11.4 Å². The minimum atomic E-state index is -0.449. The lowest BCUT2D eigenvalue weighted by Crippen LogP contribution is -1.90. The number of rotatable bonds is 1. The van der Waals surface area contributed by atoms with Gasteiger partial charge in [-0.05, 0) is 31.5 Å². The zero-order valence-corrected chi connectivity index (χ0v) is 7.95. The zero-order chi connectivity index (χ0) is 8.43. The summed E-state index contributed by atoms with van der Waals surface area (Å²) >= 11 is 11.4. The highest BCUT2D eigenvalue weighted by atomic mass is 35.5. The highest BCUT2D eigenvalue weighted by molar-refractivity contribution is 6.44.